The first-order valence-corrected chi connectivity index (χ1v) is 5.72. The monoisotopic (exact) mass is 261 g/mol. The summed E-state index contributed by atoms with van der Waals surface area (Å²) in [7, 11) is 0. The average molecular weight is 261 g/mol. The third kappa shape index (κ3) is 2.89. The zero-order chi connectivity index (χ0) is 14.0. The van der Waals surface area contributed by atoms with Crippen LogP contribution in [0.5, 0.6) is 0 Å². The minimum absolute atomic E-state index is 0.168. The summed E-state index contributed by atoms with van der Waals surface area (Å²) in [4.78, 5) is 14.1. The molecule has 0 saturated carbocycles. The molecule has 1 aromatic rings. The van der Waals surface area contributed by atoms with E-state index in [2.05, 4.69) is 10.3 Å². The summed E-state index contributed by atoms with van der Waals surface area (Å²) in [5.41, 5.74) is 13.4. The second kappa shape index (κ2) is 4.69. The van der Waals surface area contributed by atoms with Crippen LogP contribution in [0.1, 0.15) is 11.1 Å². The van der Waals surface area contributed by atoms with Crippen LogP contribution in [0.3, 0.4) is 0 Å². The van der Waals surface area contributed by atoms with Crippen LogP contribution in [0.25, 0.3) is 0 Å². The van der Waals surface area contributed by atoms with Gasteiger partial charge in [0, 0.05) is 6.42 Å². The van der Waals surface area contributed by atoms with Gasteiger partial charge in [0.25, 0.3) is 0 Å². The molecule has 0 spiro atoms. The highest BCUT2D eigenvalue weighted by atomic mass is 16.6. The lowest BCUT2D eigenvalue weighted by molar-refractivity contribution is -0.416. The van der Waals surface area contributed by atoms with Gasteiger partial charge in [0.15, 0.2) is 5.79 Å². The van der Waals surface area contributed by atoms with Crippen molar-refractivity contribution in [2.45, 2.75) is 19.1 Å². The molecule has 7 nitrogen and oxygen atoms in total. The van der Waals surface area contributed by atoms with Crippen molar-refractivity contribution in [3.05, 3.63) is 57.4 Å². The summed E-state index contributed by atoms with van der Waals surface area (Å²) >= 11 is 0. The standard InChI is InChI=1S/C12H15N5O2/c1-8-3-2-4-9(5-8)6-12(14)15-7-10(17(18)19)11(13)16-12/h2-5,7,15H,6,14H2,1H3,(H2,13,16). The summed E-state index contributed by atoms with van der Waals surface area (Å²) in [6.45, 7) is 1.98. The summed E-state index contributed by atoms with van der Waals surface area (Å²) in [6, 6.07) is 7.79. The molecule has 0 bridgehead atoms. The van der Waals surface area contributed by atoms with E-state index in [1.165, 1.54) is 6.20 Å². The molecule has 100 valence electrons. The van der Waals surface area contributed by atoms with Crippen molar-refractivity contribution in [2.24, 2.45) is 16.5 Å². The third-order valence-electron chi connectivity index (χ3n) is 2.79. The minimum atomic E-state index is -1.16. The number of nitrogens with zero attached hydrogens (tertiary/aromatic N) is 2. The van der Waals surface area contributed by atoms with Gasteiger partial charge in [-0.2, -0.15) is 0 Å². The lowest BCUT2D eigenvalue weighted by atomic mass is 10.0. The van der Waals surface area contributed by atoms with Crippen molar-refractivity contribution >= 4 is 5.84 Å². The maximum absolute atomic E-state index is 10.7. The Morgan fingerprint density at radius 1 is 1.53 bits per heavy atom. The van der Waals surface area contributed by atoms with Crippen LogP contribution >= 0.6 is 0 Å². The van der Waals surface area contributed by atoms with Gasteiger partial charge in [-0.05, 0) is 12.5 Å². The van der Waals surface area contributed by atoms with Crippen molar-refractivity contribution in [2.75, 3.05) is 0 Å². The Morgan fingerprint density at radius 3 is 2.84 bits per heavy atom. The molecule has 19 heavy (non-hydrogen) atoms. The topological polar surface area (TPSA) is 120 Å². The molecule has 0 fully saturated rings. The van der Waals surface area contributed by atoms with Gasteiger partial charge < -0.3 is 11.1 Å². The van der Waals surface area contributed by atoms with Crippen molar-refractivity contribution in [3.8, 4) is 0 Å². The van der Waals surface area contributed by atoms with Crippen molar-refractivity contribution in [1.29, 1.82) is 0 Å². The highest BCUT2D eigenvalue weighted by Gasteiger charge is 2.32. The molecule has 2 rings (SSSR count). The lowest BCUT2D eigenvalue weighted by Crippen LogP contribution is -2.55. The van der Waals surface area contributed by atoms with Gasteiger partial charge >= 0.3 is 5.70 Å². The first-order valence-electron chi connectivity index (χ1n) is 5.72. The number of nitro groups is 1. The molecule has 5 N–H and O–H groups in total. The molecule has 1 aliphatic heterocycles. The summed E-state index contributed by atoms with van der Waals surface area (Å²) in [6.07, 6.45) is 1.58. The number of nitrogens with one attached hydrogen (secondary N) is 1. The molecule has 1 unspecified atom stereocenters. The van der Waals surface area contributed by atoms with E-state index < -0.39 is 10.7 Å². The SMILES string of the molecule is Cc1cccc(CC2(N)N=C(N)C([N+](=O)[O-])=CN2)c1. The zero-order valence-corrected chi connectivity index (χ0v) is 10.5. The Morgan fingerprint density at radius 2 is 2.26 bits per heavy atom. The van der Waals surface area contributed by atoms with Crippen molar-refractivity contribution < 1.29 is 4.92 Å². The van der Waals surface area contributed by atoms with Crippen LogP contribution in [0.2, 0.25) is 0 Å². The molecule has 0 amide bonds. The molecule has 1 aromatic carbocycles. The van der Waals surface area contributed by atoms with Gasteiger partial charge in [0.05, 0.1) is 11.1 Å². The second-order valence-corrected chi connectivity index (χ2v) is 4.52. The first kappa shape index (κ1) is 13.0. The molecular formula is C12H15N5O2. The van der Waals surface area contributed by atoms with E-state index in [-0.39, 0.29) is 11.5 Å². The van der Waals surface area contributed by atoms with E-state index >= 15 is 0 Å². The van der Waals surface area contributed by atoms with Gasteiger partial charge in [-0.25, -0.2) is 4.99 Å². The lowest BCUT2D eigenvalue weighted by Gasteiger charge is -2.28. The van der Waals surface area contributed by atoms with Crippen molar-refractivity contribution in [1.82, 2.24) is 5.32 Å². The predicted molar refractivity (Wildman–Crippen MR) is 71.6 cm³/mol. The maximum atomic E-state index is 10.7. The molecule has 7 heteroatoms. The fourth-order valence-corrected chi connectivity index (χ4v) is 1.94. The van der Waals surface area contributed by atoms with Crippen LogP contribution in [0, 0.1) is 17.0 Å². The fraction of sp³-hybridized carbons (Fsp3) is 0.250. The Bertz CT molecular complexity index is 581. The molecule has 1 aliphatic rings. The number of hydrogen-bond acceptors (Lipinski definition) is 6. The van der Waals surface area contributed by atoms with Crippen LogP contribution < -0.4 is 16.8 Å². The highest BCUT2D eigenvalue weighted by Crippen LogP contribution is 2.16. The second-order valence-electron chi connectivity index (χ2n) is 4.52. The van der Waals surface area contributed by atoms with Crippen LogP contribution in [-0.2, 0) is 6.42 Å². The summed E-state index contributed by atoms with van der Waals surface area (Å²) < 4.78 is 0. The summed E-state index contributed by atoms with van der Waals surface area (Å²) in [5.74, 6) is -1.32. The number of hydrogen-bond donors (Lipinski definition) is 3. The predicted octanol–water partition coefficient (Wildman–Crippen LogP) is 0.229. The summed E-state index contributed by atoms with van der Waals surface area (Å²) in [5, 5.41) is 13.4. The zero-order valence-electron chi connectivity index (χ0n) is 10.5. The molecular weight excluding hydrogens is 246 g/mol. The number of aryl methyl sites for hydroxylation is 1. The van der Waals surface area contributed by atoms with Crippen LogP contribution in [0.4, 0.5) is 0 Å². The molecule has 1 heterocycles. The average Bonchev–Trinajstić information content (AvgIpc) is 2.27. The van der Waals surface area contributed by atoms with E-state index in [0.29, 0.717) is 6.42 Å². The van der Waals surface area contributed by atoms with E-state index in [4.69, 9.17) is 11.5 Å². The Labute approximate surface area is 110 Å². The number of amidine groups is 1. The normalized spacial score (nSPS) is 22.2. The molecule has 0 saturated heterocycles. The van der Waals surface area contributed by atoms with Gasteiger partial charge in [-0.3, -0.25) is 15.8 Å². The van der Waals surface area contributed by atoms with Gasteiger partial charge in [0.1, 0.15) is 0 Å². The minimum Gasteiger partial charge on any atom is -0.378 e. The number of aliphatic imine (C=N–C) groups is 1. The number of benzene rings is 1. The third-order valence-corrected chi connectivity index (χ3v) is 2.79. The Hall–Kier alpha value is -2.41. The van der Waals surface area contributed by atoms with Crippen molar-refractivity contribution in [3.63, 3.8) is 0 Å². The molecule has 0 radical (unpaired) electrons. The maximum Gasteiger partial charge on any atom is 0.326 e. The smallest absolute Gasteiger partial charge is 0.326 e. The fourth-order valence-electron chi connectivity index (χ4n) is 1.94. The molecule has 0 aliphatic carbocycles. The molecule has 1 atom stereocenters. The highest BCUT2D eigenvalue weighted by molar-refractivity contribution is 5.95. The Balaban J connectivity index is 2.21. The number of rotatable bonds is 3. The van der Waals surface area contributed by atoms with Crippen LogP contribution in [0.15, 0.2) is 41.2 Å². The van der Waals surface area contributed by atoms with E-state index in [9.17, 15) is 10.1 Å². The van der Waals surface area contributed by atoms with E-state index in [1.54, 1.807) is 0 Å². The van der Waals surface area contributed by atoms with E-state index in [1.807, 2.05) is 31.2 Å². The van der Waals surface area contributed by atoms with E-state index in [0.717, 1.165) is 11.1 Å². The molecule has 0 aromatic heterocycles. The Kier molecular flexibility index (Phi) is 3.22. The van der Waals surface area contributed by atoms with Gasteiger partial charge in [-0.15, -0.1) is 0 Å². The quantitative estimate of drug-likeness (QED) is 0.531. The largest absolute Gasteiger partial charge is 0.378 e. The first-order chi connectivity index (χ1) is 8.89. The van der Waals surface area contributed by atoms with Crippen LogP contribution in [-0.4, -0.2) is 16.5 Å². The number of nitrogens with two attached hydrogens (primary N) is 2. The van der Waals surface area contributed by atoms with Gasteiger partial charge in [-0.1, -0.05) is 29.8 Å². The van der Waals surface area contributed by atoms with Gasteiger partial charge in [0.2, 0.25) is 5.84 Å².